The molecular weight excluding hydrogens is 432 g/mol. The Morgan fingerprint density at radius 2 is 1.78 bits per heavy atom. The van der Waals surface area contributed by atoms with Crippen molar-refractivity contribution in [3.05, 3.63) is 83.4 Å². The van der Waals surface area contributed by atoms with Crippen LogP contribution in [-0.2, 0) is 32.9 Å². The van der Waals surface area contributed by atoms with Crippen molar-refractivity contribution in [3.63, 3.8) is 0 Å². The normalized spacial score (nSPS) is 15.1. The van der Waals surface area contributed by atoms with Crippen molar-refractivity contribution in [2.24, 2.45) is 4.40 Å². The van der Waals surface area contributed by atoms with Gasteiger partial charge < -0.3 is 9.26 Å². The molecule has 0 saturated heterocycles. The Hall–Kier alpha value is -3.79. The van der Waals surface area contributed by atoms with Crippen LogP contribution in [-0.4, -0.2) is 34.5 Å². The van der Waals surface area contributed by atoms with E-state index in [2.05, 4.69) is 14.5 Å². The number of nitrogens with zero attached hydrogens (tertiary/aromatic N) is 4. The van der Waals surface area contributed by atoms with E-state index in [0.717, 1.165) is 21.0 Å². The molecule has 0 saturated carbocycles. The highest BCUT2D eigenvalue weighted by Gasteiger charge is 2.29. The van der Waals surface area contributed by atoms with Crippen molar-refractivity contribution in [3.8, 4) is 11.4 Å². The minimum atomic E-state index is -3.94. The van der Waals surface area contributed by atoms with E-state index in [0.29, 0.717) is 5.82 Å². The summed E-state index contributed by atoms with van der Waals surface area (Å²) in [5, 5.41) is 3.93. The van der Waals surface area contributed by atoms with Gasteiger partial charge in [-0.2, -0.15) is 13.4 Å². The Bertz CT molecular complexity index is 1310. The van der Waals surface area contributed by atoms with E-state index in [1.54, 1.807) is 24.3 Å². The van der Waals surface area contributed by atoms with E-state index in [4.69, 9.17) is 9.26 Å². The predicted octanol–water partition coefficient (Wildman–Crippen LogP) is 3.19. The second-order valence-corrected chi connectivity index (χ2v) is 8.68. The fourth-order valence-electron chi connectivity index (χ4n) is 3.12. The van der Waals surface area contributed by atoms with Crippen molar-refractivity contribution in [1.82, 2.24) is 14.4 Å². The van der Waals surface area contributed by atoms with Crippen LogP contribution in [0.4, 0.5) is 0 Å². The molecule has 0 aliphatic carbocycles. The molecule has 0 fully saturated rings. The molecule has 0 atom stereocenters. The number of hydrogen-bond donors (Lipinski definition) is 0. The maximum Gasteiger partial charge on any atom is 0.344 e. The average molecular weight is 452 g/mol. The van der Waals surface area contributed by atoms with Gasteiger partial charge in [0.2, 0.25) is 5.82 Å². The number of aryl methyl sites for hydroxylation is 1. The van der Waals surface area contributed by atoms with Gasteiger partial charge in [0.1, 0.15) is 0 Å². The molecule has 2 aromatic carbocycles. The highest BCUT2D eigenvalue weighted by Crippen LogP contribution is 2.22. The Labute approximate surface area is 185 Å². The maximum absolute atomic E-state index is 12.6. The average Bonchev–Trinajstić information content (AvgIpc) is 3.23. The number of rotatable bonds is 6. The molecule has 164 valence electrons. The zero-order valence-electron chi connectivity index (χ0n) is 17.4. The SMILES string of the molecule is CC1=NS(=O)(=O)N(Cc2ccccc2)C=C1C(=O)OCc1nc(-c2ccccc2C)no1. The monoisotopic (exact) mass is 452 g/mol. The number of hydrogen-bond acceptors (Lipinski definition) is 7. The molecule has 10 heteroatoms. The first-order valence-corrected chi connectivity index (χ1v) is 11.1. The number of benzene rings is 2. The first-order valence-electron chi connectivity index (χ1n) is 9.73. The Kier molecular flexibility index (Phi) is 5.87. The summed E-state index contributed by atoms with van der Waals surface area (Å²) < 4.78 is 40.0. The summed E-state index contributed by atoms with van der Waals surface area (Å²) in [6, 6.07) is 16.6. The van der Waals surface area contributed by atoms with Crippen molar-refractivity contribution in [1.29, 1.82) is 0 Å². The number of carbonyl (C=O) groups is 1. The molecule has 3 aromatic rings. The third-order valence-electron chi connectivity index (χ3n) is 4.79. The van der Waals surface area contributed by atoms with Gasteiger partial charge >= 0.3 is 16.2 Å². The minimum absolute atomic E-state index is 0.0365. The van der Waals surface area contributed by atoms with Gasteiger partial charge in [0.15, 0.2) is 6.61 Å². The van der Waals surface area contributed by atoms with Crippen LogP contribution >= 0.6 is 0 Å². The quantitative estimate of drug-likeness (QED) is 0.528. The van der Waals surface area contributed by atoms with Gasteiger partial charge in [-0.05, 0) is 25.0 Å². The van der Waals surface area contributed by atoms with E-state index in [1.807, 2.05) is 37.3 Å². The molecule has 1 aliphatic heterocycles. The Morgan fingerprint density at radius 1 is 1.06 bits per heavy atom. The van der Waals surface area contributed by atoms with Gasteiger partial charge in [-0.3, -0.25) is 4.31 Å². The molecule has 0 N–H and O–H groups in total. The molecule has 1 aliphatic rings. The molecule has 0 bridgehead atoms. The minimum Gasteiger partial charge on any atom is -0.452 e. The first-order chi connectivity index (χ1) is 15.3. The number of esters is 1. The van der Waals surface area contributed by atoms with E-state index in [-0.39, 0.29) is 30.3 Å². The summed E-state index contributed by atoms with van der Waals surface area (Å²) in [5.74, 6) is -0.227. The lowest BCUT2D eigenvalue weighted by Crippen LogP contribution is -2.31. The van der Waals surface area contributed by atoms with Crippen LogP contribution in [0.3, 0.4) is 0 Å². The van der Waals surface area contributed by atoms with Crippen molar-refractivity contribution >= 4 is 21.9 Å². The molecule has 2 heterocycles. The lowest BCUT2D eigenvalue weighted by molar-refractivity contribution is -0.140. The van der Waals surface area contributed by atoms with Gasteiger partial charge in [-0.25, -0.2) is 4.79 Å². The Morgan fingerprint density at radius 3 is 2.53 bits per heavy atom. The van der Waals surface area contributed by atoms with Gasteiger partial charge in [-0.1, -0.05) is 59.8 Å². The molecule has 4 rings (SSSR count). The van der Waals surface area contributed by atoms with E-state index >= 15 is 0 Å². The summed E-state index contributed by atoms with van der Waals surface area (Å²) >= 11 is 0. The van der Waals surface area contributed by atoms with Crippen molar-refractivity contribution in [2.75, 3.05) is 0 Å². The molecule has 0 spiro atoms. The second-order valence-electron chi connectivity index (χ2n) is 7.13. The van der Waals surface area contributed by atoms with Crippen LogP contribution in [0.25, 0.3) is 11.4 Å². The van der Waals surface area contributed by atoms with Gasteiger partial charge in [-0.15, -0.1) is 4.40 Å². The third kappa shape index (κ3) is 4.59. The molecule has 0 amide bonds. The van der Waals surface area contributed by atoms with Crippen LogP contribution in [0, 0.1) is 6.92 Å². The summed E-state index contributed by atoms with van der Waals surface area (Å²) in [7, 11) is -3.94. The molecular formula is C22H20N4O5S. The lowest BCUT2D eigenvalue weighted by Gasteiger charge is -2.23. The number of aromatic nitrogens is 2. The zero-order valence-corrected chi connectivity index (χ0v) is 18.2. The highest BCUT2D eigenvalue weighted by atomic mass is 32.2. The van der Waals surface area contributed by atoms with E-state index in [1.165, 1.54) is 13.1 Å². The fraction of sp³-hybridized carbons (Fsp3) is 0.182. The smallest absolute Gasteiger partial charge is 0.344 e. The lowest BCUT2D eigenvalue weighted by atomic mass is 10.1. The van der Waals surface area contributed by atoms with E-state index in [9.17, 15) is 13.2 Å². The summed E-state index contributed by atoms with van der Waals surface area (Å²) in [6.07, 6.45) is 1.24. The largest absolute Gasteiger partial charge is 0.452 e. The molecule has 0 radical (unpaired) electrons. The van der Waals surface area contributed by atoms with Gasteiger partial charge in [0.05, 0.1) is 17.8 Å². The fourth-order valence-corrected chi connectivity index (χ4v) is 4.22. The molecule has 1 aromatic heterocycles. The third-order valence-corrected chi connectivity index (χ3v) is 6.13. The standard InChI is InChI=1S/C22H20N4O5S/c1-15-8-6-7-11-18(15)21-23-20(31-24-21)14-30-22(27)19-13-26(32(28,29)25-16(19)2)12-17-9-4-3-5-10-17/h3-11,13H,12,14H2,1-2H3. The van der Waals surface area contributed by atoms with Crippen LogP contribution in [0.5, 0.6) is 0 Å². The van der Waals surface area contributed by atoms with Crippen LogP contribution in [0.2, 0.25) is 0 Å². The highest BCUT2D eigenvalue weighted by molar-refractivity contribution is 7.88. The summed E-state index contributed by atoms with van der Waals surface area (Å²) in [4.78, 5) is 16.9. The summed E-state index contributed by atoms with van der Waals surface area (Å²) in [5.41, 5.74) is 2.63. The van der Waals surface area contributed by atoms with Crippen LogP contribution in [0.1, 0.15) is 23.9 Å². The van der Waals surface area contributed by atoms with Crippen molar-refractivity contribution in [2.45, 2.75) is 27.0 Å². The van der Waals surface area contributed by atoms with Crippen LogP contribution in [0.15, 0.2) is 75.3 Å². The molecule has 9 nitrogen and oxygen atoms in total. The zero-order chi connectivity index (χ0) is 22.7. The Balaban J connectivity index is 1.48. The van der Waals surface area contributed by atoms with E-state index < -0.39 is 16.2 Å². The summed E-state index contributed by atoms with van der Waals surface area (Å²) in [6.45, 7) is 3.15. The predicted molar refractivity (Wildman–Crippen MR) is 116 cm³/mol. The van der Waals surface area contributed by atoms with Crippen molar-refractivity contribution < 1.29 is 22.5 Å². The second kappa shape index (κ2) is 8.75. The number of ether oxygens (including phenoxy) is 1. The van der Waals surface area contributed by atoms with Gasteiger partial charge in [0, 0.05) is 11.8 Å². The maximum atomic E-state index is 12.6. The van der Waals surface area contributed by atoms with Gasteiger partial charge in [0.25, 0.3) is 5.89 Å². The number of carbonyl (C=O) groups excluding carboxylic acids is 1. The topological polar surface area (TPSA) is 115 Å². The molecule has 0 unspecified atom stereocenters. The first kappa shape index (κ1) is 21.4. The molecule has 32 heavy (non-hydrogen) atoms. The van der Waals surface area contributed by atoms with Crippen LogP contribution < -0.4 is 0 Å².